The molecular weight excluding hydrogens is 302 g/mol. The molecule has 3 saturated heterocycles. The Balaban J connectivity index is 1.33. The minimum absolute atomic E-state index is 0.00000541. The lowest BCUT2D eigenvalue weighted by Crippen LogP contribution is -2.53. The molecule has 0 aromatic rings. The second-order valence-corrected chi connectivity index (χ2v) is 8.29. The molecule has 0 spiro atoms. The number of carbonyl (C=O) groups excluding carboxylic acids is 2. The van der Waals surface area contributed by atoms with E-state index in [1.807, 2.05) is 4.90 Å². The van der Waals surface area contributed by atoms with Crippen LogP contribution in [0.3, 0.4) is 0 Å². The van der Waals surface area contributed by atoms with Gasteiger partial charge in [0.25, 0.3) is 0 Å². The van der Waals surface area contributed by atoms with Crippen molar-refractivity contribution < 1.29 is 9.59 Å². The first-order valence-electron chi connectivity index (χ1n) is 10.0. The topological polar surface area (TPSA) is 52.7 Å². The number of hydrogen-bond donors (Lipinski definition) is 1. The van der Waals surface area contributed by atoms with Gasteiger partial charge in [0.05, 0.1) is 12.0 Å². The number of hydrogen-bond acceptors (Lipinski definition) is 3. The molecule has 5 heteroatoms. The van der Waals surface area contributed by atoms with Crippen LogP contribution in [0, 0.1) is 11.8 Å². The van der Waals surface area contributed by atoms with Gasteiger partial charge in [-0.25, -0.2) is 0 Å². The van der Waals surface area contributed by atoms with E-state index in [0.717, 1.165) is 38.9 Å². The Morgan fingerprint density at radius 3 is 2.62 bits per heavy atom. The quantitative estimate of drug-likeness (QED) is 0.853. The van der Waals surface area contributed by atoms with E-state index in [1.165, 1.54) is 38.5 Å². The molecule has 1 N–H and O–H groups in total. The molecule has 24 heavy (non-hydrogen) atoms. The summed E-state index contributed by atoms with van der Waals surface area (Å²) in [5.74, 6) is 1.17. The van der Waals surface area contributed by atoms with Gasteiger partial charge in [-0.3, -0.25) is 14.5 Å². The first-order valence-corrected chi connectivity index (χ1v) is 10.0. The van der Waals surface area contributed by atoms with Crippen LogP contribution in [0.25, 0.3) is 0 Å². The van der Waals surface area contributed by atoms with Gasteiger partial charge in [0.2, 0.25) is 11.8 Å². The van der Waals surface area contributed by atoms with Crippen LogP contribution in [0.4, 0.5) is 0 Å². The monoisotopic (exact) mass is 333 g/mol. The van der Waals surface area contributed by atoms with E-state index in [-0.39, 0.29) is 17.9 Å². The van der Waals surface area contributed by atoms with Crippen molar-refractivity contribution in [2.75, 3.05) is 26.2 Å². The van der Waals surface area contributed by atoms with Gasteiger partial charge >= 0.3 is 0 Å². The first-order chi connectivity index (χ1) is 11.7. The molecule has 0 aromatic carbocycles. The third kappa shape index (κ3) is 3.46. The summed E-state index contributed by atoms with van der Waals surface area (Å²) in [6, 6.07) is 0.721. The largest absolute Gasteiger partial charge is 0.356 e. The third-order valence-corrected chi connectivity index (χ3v) is 6.50. The molecular formula is C19H31N3O2. The smallest absolute Gasteiger partial charge is 0.239 e. The number of piperidine rings is 2. The van der Waals surface area contributed by atoms with Gasteiger partial charge < -0.3 is 10.2 Å². The van der Waals surface area contributed by atoms with E-state index < -0.39 is 0 Å². The minimum Gasteiger partial charge on any atom is -0.356 e. The predicted octanol–water partition coefficient (Wildman–Crippen LogP) is 1.77. The van der Waals surface area contributed by atoms with Gasteiger partial charge in [-0.15, -0.1) is 0 Å². The van der Waals surface area contributed by atoms with Crippen molar-refractivity contribution >= 4 is 11.8 Å². The summed E-state index contributed by atoms with van der Waals surface area (Å²) in [6.45, 7) is 3.38. The number of fused-ring (bicyclic) bond motifs is 1. The molecule has 1 aliphatic carbocycles. The number of likely N-dealkylation sites (tertiary alicyclic amines) is 1. The van der Waals surface area contributed by atoms with E-state index in [1.54, 1.807) is 0 Å². The predicted molar refractivity (Wildman–Crippen MR) is 92.4 cm³/mol. The number of amides is 2. The summed E-state index contributed by atoms with van der Waals surface area (Å²) in [7, 11) is 0. The van der Waals surface area contributed by atoms with Gasteiger partial charge in [0.15, 0.2) is 0 Å². The molecule has 3 aliphatic heterocycles. The zero-order valence-corrected chi connectivity index (χ0v) is 14.7. The fraction of sp³-hybridized carbons (Fsp3) is 0.895. The molecule has 0 aromatic heterocycles. The molecule has 0 radical (unpaired) electrons. The first kappa shape index (κ1) is 16.4. The maximum atomic E-state index is 13.1. The van der Waals surface area contributed by atoms with Gasteiger partial charge in [0.1, 0.15) is 0 Å². The van der Waals surface area contributed by atoms with Crippen molar-refractivity contribution in [3.63, 3.8) is 0 Å². The molecule has 1 saturated carbocycles. The van der Waals surface area contributed by atoms with Crippen LogP contribution in [-0.4, -0.2) is 59.9 Å². The van der Waals surface area contributed by atoms with Gasteiger partial charge in [-0.1, -0.05) is 6.42 Å². The standard InChI is InChI=1S/C19H31N3O2/c23-18(20-12-14-6-7-14)15-4-3-10-21(13-15)19(24)17-9-8-16-5-1-2-11-22(16)17/h14-17H,1-13H2,(H,20,23). The van der Waals surface area contributed by atoms with Crippen molar-refractivity contribution in [3.05, 3.63) is 0 Å². The lowest BCUT2D eigenvalue weighted by Gasteiger charge is -2.38. The highest BCUT2D eigenvalue weighted by Gasteiger charge is 2.41. The Kier molecular flexibility index (Phi) is 4.79. The second kappa shape index (κ2) is 7.03. The molecule has 134 valence electrons. The van der Waals surface area contributed by atoms with E-state index in [9.17, 15) is 9.59 Å². The van der Waals surface area contributed by atoms with Crippen LogP contribution < -0.4 is 5.32 Å². The lowest BCUT2D eigenvalue weighted by molar-refractivity contribution is -0.140. The fourth-order valence-electron chi connectivity index (χ4n) is 4.84. The molecule has 3 unspecified atom stereocenters. The molecule has 3 heterocycles. The summed E-state index contributed by atoms with van der Waals surface area (Å²) in [4.78, 5) is 29.9. The molecule has 4 rings (SSSR count). The zero-order chi connectivity index (χ0) is 16.5. The van der Waals surface area contributed by atoms with Gasteiger partial charge in [0, 0.05) is 25.7 Å². The molecule has 4 aliphatic rings. The Bertz CT molecular complexity index is 491. The normalized spacial score (nSPS) is 34.0. The molecule has 0 bridgehead atoms. The highest BCUT2D eigenvalue weighted by Crippen LogP contribution is 2.33. The van der Waals surface area contributed by atoms with Crippen LogP contribution in [0.2, 0.25) is 0 Å². The Morgan fingerprint density at radius 1 is 0.917 bits per heavy atom. The average Bonchev–Trinajstić information content (AvgIpc) is 3.36. The average molecular weight is 333 g/mol. The molecule has 4 fully saturated rings. The van der Waals surface area contributed by atoms with E-state index in [0.29, 0.717) is 24.4 Å². The minimum atomic E-state index is 0.00000541. The third-order valence-electron chi connectivity index (χ3n) is 6.50. The molecule has 3 atom stereocenters. The Labute approximate surface area is 145 Å². The van der Waals surface area contributed by atoms with Crippen LogP contribution in [0.15, 0.2) is 0 Å². The van der Waals surface area contributed by atoms with Crippen molar-refractivity contribution in [1.29, 1.82) is 0 Å². The summed E-state index contributed by atoms with van der Waals surface area (Å²) in [6.07, 6.45) is 10.4. The van der Waals surface area contributed by atoms with E-state index in [4.69, 9.17) is 0 Å². The number of nitrogens with one attached hydrogen (secondary N) is 1. The maximum Gasteiger partial charge on any atom is 0.239 e. The van der Waals surface area contributed by atoms with Crippen LogP contribution in [0.1, 0.15) is 57.8 Å². The Hall–Kier alpha value is -1.10. The summed E-state index contributed by atoms with van der Waals surface area (Å²) in [5.41, 5.74) is 0. The molecule has 5 nitrogen and oxygen atoms in total. The second-order valence-electron chi connectivity index (χ2n) is 8.29. The van der Waals surface area contributed by atoms with Crippen LogP contribution >= 0.6 is 0 Å². The van der Waals surface area contributed by atoms with Crippen LogP contribution in [-0.2, 0) is 9.59 Å². The van der Waals surface area contributed by atoms with Crippen molar-refractivity contribution in [2.24, 2.45) is 11.8 Å². The van der Waals surface area contributed by atoms with Gasteiger partial charge in [-0.2, -0.15) is 0 Å². The van der Waals surface area contributed by atoms with Crippen LogP contribution in [0.5, 0.6) is 0 Å². The van der Waals surface area contributed by atoms with Gasteiger partial charge in [-0.05, 0) is 63.8 Å². The van der Waals surface area contributed by atoms with E-state index in [2.05, 4.69) is 10.2 Å². The maximum absolute atomic E-state index is 13.1. The SMILES string of the molecule is O=C(NCC1CC1)C1CCCN(C(=O)C2CCC3CCCCN32)C1. The highest BCUT2D eigenvalue weighted by atomic mass is 16.2. The molecule has 2 amide bonds. The van der Waals surface area contributed by atoms with Crippen molar-refractivity contribution in [2.45, 2.75) is 69.9 Å². The highest BCUT2D eigenvalue weighted by molar-refractivity contribution is 5.84. The number of rotatable bonds is 4. The van der Waals surface area contributed by atoms with Crippen molar-refractivity contribution in [1.82, 2.24) is 15.1 Å². The number of nitrogens with zero attached hydrogens (tertiary/aromatic N) is 2. The fourth-order valence-corrected chi connectivity index (χ4v) is 4.84. The lowest BCUT2D eigenvalue weighted by atomic mass is 9.96. The van der Waals surface area contributed by atoms with Crippen molar-refractivity contribution in [3.8, 4) is 0 Å². The summed E-state index contributed by atoms with van der Waals surface area (Å²) < 4.78 is 0. The Morgan fingerprint density at radius 2 is 1.79 bits per heavy atom. The summed E-state index contributed by atoms with van der Waals surface area (Å²) in [5, 5.41) is 3.10. The zero-order valence-electron chi connectivity index (χ0n) is 14.7. The van der Waals surface area contributed by atoms with E-state index >= 15 is 0 Å². The summed E-state index contributed by atoms with van der Waals surface area (Å²) >= 11 is 0. The number of carbonyl (C=O) groups is 2.